The van der Waals surface area contributed by atoms with Crippen LogP contribution in [0.4, 0.5) is 0 Å². The number of aliphatic hydroxyl groups is 1. The third kappa shape index (κ3) is 4.09. The number of hydrogen-bond acceptors (Lipinski definition) is 4. The highest BCUT2D eigenvalue weighted by atomic mass is 16.3. The van der Waals surface area contributed by atoms with Crippen LogP contribution in [0.5, 0.6) is 0 Å². The molecule has 1 heterocycles. The van der Waals surface area contributed by atoms with Gasteiger partial charge in [-0.25, -0.2) is 0 Å². The molecule has 0 bridgehead atoms. The van der Waals surface area contributed by atoms with Crippen molar-refractivity contribution >= 4 is 0 Å². The Kier molecular flexibility index (Phi) is 5.75. The lowest BCUT2D eigenvalue weighted by Crippen LogP contribution is -2.50. The summed E-state index contributed by atoms with van der Waals surface area (Å²) in [7, 11) is 0. The van der Waals surface area contributed by atoms with Gasteiger partial charge in [-0.1, -0.05) is 6.92 Å². The van der Waals surface area contributed by atoms with Crippen molar-refractivity contribution in [3.05, 3.63) is 0 Å². The van der Waals surface area contributed by atoms with Crippen molar-refractivity contribution < 1.29 is 5.11 Å². The monoisotopic (exact) mass is 225 g/mol. The molecule has 1 saturated heterocycles. The Hall–Kier alpha value is -0.630. The largest absolute Gasteiger partial charge is 0.393 e. The summed E-state index contributed by atoms with van der Waals surface area (Å²) in [6.45, 7) is 8.86. The molecule has 0 aromatic heterocycles. The van der Waals surface area contributed by atoms with Gasteiger partial charge in [-0.05, 0) is 19.8 Å². The predicted octanol–water partition coefficient (Wildman–Crippen LogP) is 0.677. The number of rotatable bonds is 5. The fourth-order valence-corrected chi connectivity index (χ4v) is 2.10. The van der Waals surface area contributed by atoms with Crippen molar-refractivity contribution in [2.75, 3.05) is 32.7 Å². The van der Waals surface area contributed by atoms with Crippen LogP contribution in [0, 0.1) is 11.3 Å². The Morgan fingerprint density at radius 3 is 2.38 bits per heavy atom. The van der Waals surface area contributed by atoms with Gasteiger partial charge in [0.15, 0.2) is 0 Å². The molecular weight excluding hydrogens is 202 g/mol. The average Bonchev–Trinajstić information content (AvgIpc) is 2.29. The van der Waals surface area contributed by atoms with Crippen molar-refractivity contribution in [1.82, 2.24) is 9.80 Å². The first-order valence-electron chi connectivity index (χ1n) is 6.21. The van der Waals surface area contributed by atoms with E-state index >= 15 is 0 Å². The van der Waals surface area contributed by atoms with Crippen LogP contribution < -0.4 is 0 Å². The summed E-state index contributed by atoms with van der Waals surface area (Å²) in [5.74, 6) is 0. The van der Waals surface area contributed by atoms with Crippen LogP contribution in [-0.2, 0) is 0 Å². The second-order valence-corrected chi connectivity index (χ2v) is 4.57. The quantitative estimate of drug-likeness (QED) is 0.747. The molecule has 1 aliphatic heterocycles. The van der Waals surface area contributed by atoms with Crippen LogP contribution >= 0.6 is 0 Å². The van der Waals surface area contributed by atoms with Gasteiger partial charge in [-0.3, -0.25) is 4.90 Å². The fourth-order valence-electron chi connectivity index (χ4n) is 2.10. The van der Waals surface area contributed by atoms with E-state index in [9.17, 15) is 5.11 Å². The average molecular weight is 225 g/mol. The van der Waals surface area contributed by atoms with Gasteiger partial charge in [-0.2, -0.15) is 5.26 Å². The molecular formula is C12H23N3O. The molecule has 1 rings (SSSR count). The Morgan fingerprint density at radius 1 is 1.31 bits per heavy atom. The first-order valence-corrected chi connectivity index (χ1v) is 6.21. The zero-order chi connectivity index (χ0) is 12.0. The standard InChI is InChI=1S/C12H23N3O/c1-3-12(10-13)15-8-6-14(7-9-15)5-4-11(2)16/h11-12,16H,3-9H2,1-2H3. The third-order valence-corrected chi connectivity index (χ3v) is 3.25. The van der Waals surface area contributed by atoms with Crippen molar-refractivity contribution in [2.24, 2.45) is 0 Å². The summed E-state index contributed by atoms with van der Waals surface area (Å²) < 4.78 is 0. The highest BCUT2D eigenvalue weighted by Crippen LogP contribution is 2.09. The van der Waals surface area contributed by atoms with Crippen LogP contribution in [0.15, 0.2) is 0 Å². The van der Waals surface area contributed by atoms with Crippen molar-refractivity contribution in [3.8, 4) is 6.07 Å². The molecule has 16 heavy (non-hydrogen) atoms. The smallest absolute Gasteiger partial charge is 0.0976 e. The van der Waals surface area contributed by atoms with E-state index in [0.29, 0.717) is 0 Å². The molecule has 0 spiro atoms. The summed E-state index contributed by atoms with van der Waals surface area (Å²) in [6.07, 6.45) is 1.54. The normalized spacial score (nSPS) is 22.6. The maximum atomic E-state index is 9.22. The van der Waals surface area contributed by atoms with E-state index < -0.39 is 0 Å². The van der Waals surface area contributed by atoms with E-state index in [2.05, 4.69) is 22.8 Å². The minimum Gasteiger partial charge on any atom is -0.393 e. The number of nitriles is 1. The molecule has 1 N–H and O–H groups in total. The molecule has 92 valence electrons. The summed E-state index contributed by atoms with van der Waals surface area (Å²) in [5.41, 5.74) is 0. The molecule has 1 fully saturated rings. The highest BCUT2D eigenvalue weighted by molar-refractivity contribution is 4.92. The summed E-state index contributed by atoms with van der Waals surface area (Å²) in [4.78, 5) is 4.63. The van der Waals surface area contributed by atoms with Gasteiger partial charge in [0, 0.05) is 32.7 Å². The van der Waals surface area contributed by atoms with E-state index in [1.165, 1.54) is 0 Å². The molecule has 0 aromatic carbocycles. The zero-order valence-electron chi connectivity index (χ0n) is 10.4. The van der Waals surface area contributed by atoms with Gasteiger partial charge in [0.1, 0.15) is 0 Å². The Labute approximate surface area is 98.5 Å². The van der Waals surface area contributed by atoms with Gasteiger partial charge < -0.3 is 10.0 Å². The van der Waals surface area contributed by atoms with E-state index in [0.717, 1.165) is 45.6 Å². The maximum absolute atomic E-state index is 9.22. The maximum Gasteiger partial charge on any atom is 0.0976 e. The van der Waals surface area contributed by atoms with Gasteiger partial charge in [0.2, 0.25) is 0 Å². The molecule has 2 atom stereocenters. The molecule has 4 nitrogen and oxygen atoms in total. The Balaban J connectivity index is 2.26. The van der Waals surface area contributed by atoms with E-state index in [1.54, 1.807) is 0 Å². The molecule has 4 heteroatoms. The molecule has 2 unspecified atom stereocenters. The summed E-state index contributed by atoms with van der Waals surface area (Å²) in [6, 6.07) is 2.44. The third-order valence-electron chi connectivity index (χ3n) is 3.25. The lowest BCUT2D eigenvalue weighted by atomic mass is 10.1. The molecule has 0 radical (unpaired) electrons. The minimum absolute atomic E-state index is 0.0823. The second kappa shape index (κ2) is 6.85. The second-order valence-electron chi connectivity index (χ2n) is 4.57. The zero-order valence-corrected chi connectivity index (χ0v) is 10.4. The minimum atomic E-state index is -0.208. The molecule has 1 aliphatic rings. The first kappa shape index (κ1) is 13.4. The number of piperazine rings is 1. The van der Waals surface area contributed by atoms with Crippen LogP contribution in [0.2, 0.25) is 0 Å². The Morgan fingerprint density at radius 2 is 1.94 bits per heavy atom. The molecule has 0 aliphatic carbocycles. The number of hydrogen-bond donors (Lipinski definition) is 1. The number of nitrogens with zero attached hydrogens (tertiary/aromatic N) is 3. The lowest BCUT2D eigenvalue weighted by molar-refractivity contribution is 0.0951. The highest BCUT2D eigenvalue weighted by Gasteiger charge is 2.22. The van der Waals surface area contributed by atoms with Gasteiger partial charge in [-0.15, -0.1) is 0 Å². The van der Waals surface area contributed by atoms with E-state index in [-0.39, 0.29) is 12.1 Å². The van der Waals surface area contributed by atoms with E-state index in [4.69, 9.17) is 5.26 Å². The predicted molar refractivity (Wildman–Crippen MR) is 64.0 cm³/mol. The fraction of sp³-hybridized carbons (Fsp3) is 0.917. The Bertz CT molecular complexity index is 229. The molecule has 0 saturated carbocycles. The molecule has 0 amide bonds. The lowest BCUT2D eigenvalue weighted by Gasteiger charge is -2.36. The number of aliphatic hydroxyl groups excluding tert-OH is 1. The van der Waals surface area contributed by atoms with Crippen LogP contribution in [0.25, 0.3) is 0 Å². The summed E-state index contributed by atoms with van der Waals surface area (Å²) >= 11 is 0. The van der Waals surface area contributed by atoms with Crippen molar-refractivity contribution in [2.45, 2.75) is 38.8 Å². The van der Waals surface area contributed by atoms with Crippen LogP contribution in [-0.4, -0.2) is 59.8 Å². The first-order chi connectivity index (χ1) is 7.67. The topological polar surface area (TPSA) is 50.5 Å². The van der Waals surface area contributed by atoms with Gasteiger partial charge in [0.25, 0.3) is 0 Å². The van der Waals surface area contributed by atoms with Gasteiger partial charge in [0.05, 0.1) is 18.2 Å². The van der Waals surface area contributed by atoms with Crippen LogP contribution in [0.3, 0.4) is 0 Å². The van der Waals surface area contributed by atoms with Crippen LogP contribution in [0.1, 0.15) is 26.7 Å². The van der Waals surface area contributed by atoms with Crippen molar-refractivity contribution in [3.63, 3.8) is 0 Å². The van der Waals surface area contributed by atoms with Gasteiger partial charge >= 0.3 is 0 Å². The van der Waals surface area contributed by atoms with Crippen molar-refractivity contribution in [1.29, 1.82) is 5.26 Å². The van der Waals surface area contributed by atoms with E-state index in [1.807, 2.05) is 6.92 Å². The molecule has 0 aromatic rings. The summed E-state index contributed by atoms with van der Waals surface area (Å²) in [5, 5.41) is 18.2. The SMILES string of the molecule is CCC(C#N)N1CCN(CCC(C)O)CC1.